The van der Waals surface area contributed by atoms with Crippen LogP contribution in [0.15, 0.2) is 48.6 Å². The predicted molar refractivity (Wildman–Crippen MR) is 187 cm³/mol. The van der Waals surface area contributed by atoms with Crippen LogP contribution >= 0.6 is 0 Å². The van der Waals surface area contributed by atoms with E-state index in [1.165, 1.54) is 21.9 Å². The van der Waals surface area contributed by atoms with Gasteiger partial charge in [-0.3, -0.25) is 24.0 Å². The Balaban J connectivity index is 1.13. The van der Waals surface area contributed by atoms with E-state index in [-0.39, 0.29) is 57.1 Å². The molecule has 0 radical (unpaired) electrons. The standard InChI is InChI=1S/C39H44F3N3O7S/c40-31-10-6-8-26-21-44(23-30(26)31)38(49)52-28-18-34-35(46)20-39(37(48)43-53(50,51)29-14-15-29)19-27(39)9-5-3-1-2-4-7-25(36(47)45(34)22-28)13-11-24-12-16-32(41)33(42)17-24/h5-6,8-10,12,16-17,25,27-29,34H,1-4,7,11,13-15,18-23H2,(H,43,48)/b9-5-/t25-,27-,28-,34+,39-/m1/s1. The summed E-state index contributed by atoms with van der Waals surface area (Å²) in [6, 6.07) is 7.20. The predicted octanol–water partition coefficient (Wildman–Crippen LogP) is 5.87. The Morgan fingerprint density at radius 3 is 2.53 bits per heavy atom. The van der Waals surface area contributed by atoms with E-state index in [1.54, 1.807) is 12.1 Å². The molecule has 5 atom stereocenters. The number of allylic oxidation sites excluding steroid dienone is 2. The zero-order chi connectivity index (χ0) is 37.5. The van der Waals surface area contributed by atoms with Crippen molar-refractivity contribution in [1.29, 1.82) is 0 Å². The number of fused-ring (bicyclic) bond motifs is 3. The van der Waals surface area contributed by atoms with Crippen molar-refractivity contribution in [2.75, 3.05) is 6.54 Å². The highest BCUT2D eigenvalue weighted by Crippen LogP contribution is 2.57. The minimum atomic E-state index is -3.88. The van der Waals surface area contributed by atoms with Crippen molar-refractivity contribution in [3.63, 3.8) is 0 Å². The second-order valence-electron chi connectivity index (χ2n) is 15.3. The molecule has 284 valence electrons. The smallest absolute Gasteiger partial charge is 0.410 e. The molecule has 0 unspecified atom stereocenters. The van der Waals surface area contributed by atoms with Crippen molar-refractivity contribution in [2.45, 2.75) is 108 Å². The summed E-state index contributed by atoms with van der Waals surface area (Å²) < 4.78 is 75.8. The number of hydrogen-bond acceptors (Lipinski definition) is 7. The van der Waals surface area contributed by atoms with Gasteiger partial charge in [0.05, 0.1) is 29.8 Å². The van der Waals surface area contributed by atoms with E-state index >= 15 is 0 Å². The molecule has 3 fully saturated rings. The Kier molecular flexibility index (Phi) is 10.4. The highest BCUT2D eigenvalue weighted by atomic mass is 32.2. The van der Waals surface area contributed by atoms with E-state index in [9.17, 15) is 40.8 Å². The van der Waals surface area contributed by atoms with Crippen LogP contribution in [0.25, 0.3) is 0 Å². The molecule has 5 aliphatic rings. The van der Waals surface area contributed by atoms with Gasteiger partial charge in [-0.05, 0) is 86.6 Å². The first-order valence-corrected chi connectivity index (χ1v) is 20.1. The molecule has 3 heterocycles. The molecule has 14 heteroatoms. The second kappa shape index (κ2) is 14.9. The van der Waals surface area contributed by atoms with E-state index in [4.69, 9.17) is 4.74 Å². The molecule has 0 spiro atoms. The van der Waals surface area contributed by atoms with Crippen LogP contribution in [0.5, 0.6) is 0 Å². The SMILES string of the molecule is O=C1C[C@]2(C(=O)NS(=O)(=O)C3CC3)C[C@H]2/C=C\CCCCC[C@H](CCc2ccc(F)c(F)c2)C(=O)N2C[C@H](OC(=O)N3Cc4cccc(F)c4C3)C[C@@H]12. The molecule has 0 bridgehead atoms. The molecule has 7 rings (SSSR count). The van der Waals surface area contributed by atoms with Gasteiger partial charge in [-0.2, -0.15) is 0 Å². The quantitative estimate of drug-likeness (QED) is 0.350. The summed E-state index contributed by atoms with van der Waals surface area (Å²) in [7, 11) is -3.88. The molecular weight excluding hydrogens is 712 g/mol. The maximum absolute atomic E-state index is 14.5. The van der Waals surface area contributed by atoms with Crippen molar-refractivity contribution in [3.05, 3.63) is 82.7 Å². The van der Waals surface area contributed by atoms with Gasteiger partial charge in [0.2, 0.25) is 21.8 Å². The molecule has 0 aromatic heterocycles. The van der Waals surface area contributed by atoms with Gasteiger partial charge in [0.1, 0.15) is 11.9 Å². The van der Waals surface area contributed by atoms with E-state index in [0.29, 0.717) is 55.2 Å². The van der Waals surface area contributed by atoms with Crippen LogP contribution in [0.4, 0.5) is 18.0 Å². The molecule has 53 heavy (non-hydrogen) atoms. The normalized spacial score (nSPS) is 28.3. The molecule has 1 N–H and O–H groups in total. The summed E-state index contributed by atoms with van der Waals surface area (Å²) >= 11 is 0. The van der Waals surface area contributed by atoms with Crippen molar-refractivity contribution in [1.82, 2.24) is 14.5 Å². The first-order valence-electron chi connectivity index (χ1n) is 18.6. The minimum Gasteiger partial charge on any atom is -0.444 e. The Labute approximate surface area is 307 Å². The van der Waals surface area contributed by atoms with Gasteiger partial charge in [0.25, 0.3) is 0 Å². The number of carbonyl (C=O) groups excluding carboxylic acids is 4. The van der Waals surface area contributed by atoms with E-state index < -0.39 is 74.0 Å². The highest BCUT2D eigenvalue weighted by Gasteiger charge is 2.61. The summed E-state index contributed by atoms with van der Waals surface area (Å²) in [5, 5.41) is -0.629. The summed E-state index contributed by atoms with van der Waals surface area (Å²) in [6.07, 6.45) is 7.25. The lowest BCUT2D eigenvalue weighted by Crippen LogP contribution is -2.46. The van der Waals surface area contributed by atoms with Crippen LogP contribution in [0.2, 0.25) is 0 Å². The Morgan fingerprint density at radius 2 is 1.77 bits per heavy atom. The fraction of sp³-hybridized carbons (Fsp3) is 0.538. The topological polar surface area (TPSA) is 130 Å². The monoisotopic (exact) mass is 755 g/mol. The van der Waals surface area contributed by atoms with Gasteiger partial charge in [0.15, 0.2) is 17.4 Å². The van der Waals surface area contributed by atoms with Crippen LogP contribution in [0.1, 0.15) is 87.3 Å². The van der Waals surface area contributed by atoms with E-state index in [0.717, 1.165) is 25.0 Å². The van der Waals surface area contributed by atoms with Crippen LogP contribution in [0.3, 0.4) is 0 Å². The number of nitrogens with one attached hydrogen (secondary N) is 1. The number of ketones is 1. The molecule has 2 aromatic carbocycles. The summed E-state index contributed by atoms with van der Waals surface area (Å²) in [6.45, 7) is 0.0727. The summed E-state index contributed by atoms with van der Waals surface area (Å²) in [5.74, 6) is -4.81. The van der Waals surface area contributed by atoms with Gasteiger partial charge in [0, 0.05) is 30.9 Å². The summed E-state index contributed by atoms with van der Waals surface area (Å²) in [4.78, 5) is 58.7. The molecule has 2 aliphatic carbocycles. The van der Waals surface area contributed by atoms with Crippen molar-refractivity contribution < 1.29 is 45.5 Å². The first-order chi connectivity index (χ1) is 25.3. The number of aryl methyl sites for hydroxylation is 1. The van der Waals surface area contributed by atoms with E-state index in [1.807, 2.05) is 12.2 Å². The van der Waals surface area contributed by atoms with E-state index in [2.05, 4.69) is 4.72 Å². The zero-order valence-corrected chi connectivity index (χ0v) is 30.2. The first kappa shape index (κ1) is 37.1. The van der Waals surface area contributed by atoms with Gasteiger partial charge in [-0.15, -0.1) is 0 Å². The van der Waals surface area contributed by atoms with Crippen LogP contribution in [-0.2, 0) is 48.7 Å². The average Bonchev–Trinajstić information content (AvgIpc) is 4.00. The minimum absolute atomic E-state index is 0.0148. The molecule has 2 saturated carbocycles. The number of nitrogens with zero attached hydrogens (tertiary/aromatic N) is 2. The molecule has 3 aliphatic heterocycles. The number of Topliss-reactive ketones (excluding diaryl/α,β-unsaturated/α-hetero) is 1. The third kappa shape index (κ3) is 8.02. The number of carbonyl (C=O) groups is 4. The third-order valence-corrected chi connectivity index (χ3v) is 13.4. The molecule has 1 saturated heterocycles. The number of hydrogen-bond donors (Lipinski definition) is 1. The van der Waals surface area contributed by atoms with Gasteiger partial charge >= 0.3 is 6.09 Å². The lowest BCUT2D eigenvalue weighted by Gasteiger charge is -2.29. The number of benzene rings is 2. The average molecular weight is 756 g/mol. The van der Waals surface area contributed by atoms with Crippen LogP contribution < -0.4 is 4.72 Å². The number of amides is 3. The van der Waals surface area contributed by atoms with Crippen molar-refractivity contribution >= 4 is 33.7 Å². The molecule has 3 amide bonds. The number of ether oxygens (including phenoxy) is 1. The van der Waals surface area contributed by atoms with Gasteiger partial charge in [-0.25, -0.2) is 26.4 Å². The Bertz CT molecular complexity index is 1940. The summed E-state index contributed by atoms with van der Waals surface area (Å²) in [5.41, 5.74) is 0.292. The molecular formula is C39H44F3N3O7S. The van der Waals surface area contributed by atoms with Crippen LogP contribution in [0, 0.1) is 34.7 Å². The van der Waals surface area contributed by atoms with Gasteiger partial charge < -0.3 is 9.64 Å². The third-order valence-electron chi connectivity index (χ3n) is 11.5. The molecule has 2 aromatic rings. The highest BCUT2D eigenvalue weighted by molar-refractivity contribution is 7.90. The maximum Gasteiger partial charge on any atom is 0.410 e. The fourth-order valence-electron chi connectivity index (χ4n) is 8.16. The lowest BCUT2D eigenvalue weighted by molar-refractivity contribution is -0.142. The lowest BCUT2D eigenvalue weighted by atomic mass is 9.90. The number of sulfonamides is 1. The second-order valence-corrected chi connectivity index (χ2v) is 17.3. The number of halogens is 3. The fourth-order valence-corrected chi connectivity index (χ4v) is 9.55. The van der Waals surface area contributed by atoms with Crippen molar-refractivity contribution in [2.24, 2.45) is 17.3 Å². The largest absolute Gasteiger partial charge is 0.444 e. The maximum atomic E-state index is 14.5. The van der Waals surface area contributed by atoms with Crippen molar-refractivity contribution in [3.8, 4) is 0 Å². The molecule has 10 nitrogen and oxygen atoms in total. The number of rotatable bonds is 7. The Morgan fingerprint density at radius 1 is 0.962 bits per heavy atom. The Hall–Kier alpha value is -4.20. The van der Waals surface area contributed by atoms with Gasteiger partial charge in [-0.1, -0.05) is 43.2 Å². The zero-order valence-electron chi connectivity index (χ0n) is 29.4. The van der Waals surface area contributed by atoms with Crippen LogP contribution in [-0.4, -0.2) is 65.8 Å².